The average molecular weight is 256 g/mol. The fourth-order valence-electron chi connectivity index (χ4n) is 2.41. The van der Waals surface area contributed by atoms with Crippen LogP contribution in [0.3, 0.4) is 0 Å². The Labute approximate surface area is 108 Å². The first-order valence-electron chi connectivity index (χ1n) is 6.74. The highest BCUT2D eigenvalue weighted by Gasteiger charge is 2.45. The van der Waals surface area contributed by atoms with Gasteiger partial charge in [-0.3, -0.25) is 0 Å². The zero-order valence-corrected chi connectivity index (χ0v) is 13.3. The average Bonchev–Trinajstić information content (AvgIpc) is 2.33. The molecule has 0 aromatic carbocycles. The Hall–Kier alpha value is -0.573. The van der Waals surface area contributed by atoms with E-state index in [0.29, 0.717) is 16.7 Å². The normalized spacial score (nSPS) is 18.0. The molecule has 0 aliphatic rings. The van der Waals surface area contributed by atoms with Crippen molar-refractivity contribution >= 4 is 14.3 Å². The van der Waals surface area contributed by atoms with Crippen molar-refractivity contribution in [3.8, 4) is 0 Å². The molecule has 2 unspecified atom stereocenters. The lowest BCUT2D eigenvalue weighted by Gasteiger charge is -2.39. The highest BCUT2D eigenvalue weighted by Crippen LogP contribution is 2.41. The van der Waals surface area contributed by atoms with Crippen LogP contribution in [0.15, 0.2) is 12.2 Å². The van der Waals surface area contributed by atoms with Crippen LogP contribution in [0.5, 0.6) is 0 Å². The Morgan fingerprint density at radius 2 is 1.59 bits per heavy atom. The molecule has 100 valence electrons. The molecule has 0 bridgehead atoms. The van der Waals surface area contributed by atoms with E-state index < -0.39 is 8.32 Å². The van der Waals surface area contributed by atoms with Crippen LogP contribution in [0.25, 0.3) is 0 Å². The van der Waals surface area contributed by atoms with Crippen molar-refractivity contribution in [3.05, 3.63) is 12.2 Å². The molecule has 0 fully saturated rings. The summed E-state index contributed by atoms with van der Waals surface area (Å²) < 4.78 is 5.95. The second-order valence-corrected chi connectivity index (χ2v) is 9.89. The van der Waals surface area contributed by atoms with E-state index in [1.165, 1.54) is 0 Å². The molecule has 0 N–H and O–H groups in total. The van der Waals surface area contributed by atoms with E-state index >= 15 is 0 Å². The molecule has 0 spiro atoms. The van der Waals surface area contributed by atoms with Crippen molar-refractivity contribution in [1.29, 1.82) is 0 Å². The summed E-state index contributed by atoms with van der Waals surface area (Å²) in [4.78, 5) is 11.9. The summed E-state index contributed by atoms with van der Waals surface area (Å²) in [7, 11) is -2.01. The Morgan fingerprint density at radius 1 is 1.18 bits per heavy atom. The van der Waals surface area contributed by atoms with Crippen LogP contribution >= 0.6 is 0 Å². The number of hydrogen-bond donors (Lipinski definition) is 0. The summed E-state index contributed by atoms with van der Waals surface area (Å²) in [6.45, 7) is 16.4. The summed E-state index contributed by atoms with van der Waals surface area (Å²) in [5.74, 6) is -0.195. The predicted molar refractivity (Wildman–Crippen MR) is 76.6 cm³/mol. The van der Waals surface area contributed by atoms with Gasteiger partial charge in [0.25, 0.3) is 8.32 Å². The monoisotopic (exact) mass is 256 g/mol. The third-order valence-corrected chi connectivity index (χ3v) is 9.90. The van der Waals surface area contributed by atoms with E-state index in [2.05, 4.69) is 41.2 Å². The molecule has 2 nitrogen and oxygen atoms in total. The number of rotatable bonds is 7. The van der Waals surface area contributed by atoms with Gasteiger partial charge in [0, 0.05) is 5.57 Å². The smallest absolute Gasteiger partial charge is 0.319 e. The molecule has 0 aliphatic heterocycles. The first-order valence-corrected chi connectivity index (χ1v) is 9.01. The minimum atomic E-state index is -2.01. The Bertz CT molecular complexity index is 263. The van der Waals surface area contributed by atoms with Gasteiger partial charge in [0.2, 0.25) is 0 Å². The maximum Gasteiger partial charge on any atom is 0.319 e. The van der Waals surface area contributed by atoms with Crippen LogP contribution in [-0.2, 0) is 9.22 Å². The molecule has 0 aliphatic carbocycles. The Balaban J connectivity index is 5.19. The highest BCUT2D eigenvalue weighted by molar-refractivity contribution is 6.77. The van der Waals surface area contributed by atoms with Crippen LogP contribution in [0.4, 0.5) is 0 Å². The van der Waals surface area contributed by atoms with Crippen LogP contribution in [0.1, 0.15) is 54.4 Å². The number of carbonyl (C=O) groups excluding carboxylic acids is 1. The van der Waals surface area contributed by atoms with Crippen LogP contribution in [0.2, 0.25) is 17.1 Å². The second kappa shape index (κ2) is 6.99. The molecule has 0 radical (unpaired) electrons. The minimum Gasteiger partial charge on any atom is -0.515 e. The van der Waals surface area contributed by atoms with Crippen molar-refractivity contribution in [2.45, 2.75) is 71.5 Å². The summed E-state index contributed by atoms with van der Waals surface area (Å²) in [6, 6.07) is 0.996. The van der Waals surface area contributed by atoms with E-state index in [1.807, 2.05) is 0 Å². The summed E-state index contributed by atoms with van der Waals surface area (Å²) >= 11 is 0. The van der Waals surface area contributed by atoms with Gasteiger partial charge in [-0.15, -0.1) is 0 Å². The van der Waals surface area contributed by atoms with Gasteiger partial charge < -0.3 is 4.43 Å². The minimum absolute atomic E-state index is 0.195. The van der Waals surface area contributed by atoms with Gasteiger partial charge in [0.1, 0.15) is 0 Å². The van der Waals surface area contributed by atoms with Crippen LogP contribution in [0, 0.1) is 0 Å². The predicted octanol–water partition coefficient (Wildman–Crippen LogP) is 4.67. The molecule has 0 aromatic rings. The fourth-order valence-corrected chi connectivity index (χ4v) is 7.22. The lowest BCUT2D eigenvalue weighted by atomic mass is 10.3. The van der Waals surface area contributed by atoms with E-state index in [4.69, 9.17) is 4.43 Å². The Morgan fingerprint density at radius 3 is 1.82 bits per heavy atom. The molecule has 0 aromatic heterocycles. The fraction of sp³-hybridized carbons (Fsp3) is 0.786. The summed E-state index contributed by atoms with van der Waals surface area (Å²) in [5.41, 5.74) is 1.53. The molecular formula is C14H28O2Si. The van der Waals surface area contributed by atoms with Crippen molar-refractivity contribution in [2.75, 3.05) is 0 Å². The van der Waals surface area contributed by atoms with E-state index in [9.17, 15) is 4.79 Å². The lowest BCUT2D eigenvalue weighted by Crippen LogP contribution is -2.47. The molecule has 0 amide bonds. The second-order valence-electron chi connectivity index (χ2n) is 5.10. The first-order chi connectivity index (χ1) is 7.85. The van der Waals surface area contributed by atoms with Crippen molar-refractivity contribution in [1.82, 2.24) is 0 Å². The molecule has 17 heavy (non-hydrogen) atoms. The van der Waals surface area contributed by atoms with Crippen LogP contribution in [-0.4, -0.2) is 14.3 Å². The topological polar surface area (TPSA) is 26.3 Å². The van der Waals surface area contributed by atoms with Gasteiger partial charge in [-0.05, 0) is 24.1 Å². The van der Waals surface area contributed by atoms with E-state index in [-0.39, 0.29) is 5.97 Å². The van der Waals surface area contributed by atoms with Gasteiger partial charge in [-0.25, -0.2) is 4.79 Å². The SMILES string of the molecule is C=C(C)C(=O)O[Si](CC)(C(C)CC)C(C)CC. The zero-order chi connectivity index (χ0) is 13.6. The molecule has 0 saturated heterocycles. The standard InChI is InChI=1S/C14H28O2Si/c1-8-12(6)17(10-3,13(7)9-2)16-14(15)11(4)5/h12-13H,4,8-10H2,1-3,5-7H3. The van der Waals surface area contributed by atoms with Gasteiger partial charge >= 0.3 is 5.97 Å². The molecular weight excluding hydrogens is 228 g/mol. The van der Waals surface area contributed by atoms with Gasteiger partial charge in [0.05, 0.1) is 0 Å². The summed E-state index contributed by atoms with van der Waals surface area (Å²) in [6.07, 6.45) is 2.15. The Kier molecular flexibility index (Phi) is 6.76. The number of carbonyl (C=O) groups is 1. The quantitative estimate of drug-likeness (QED) is 0.488. The third-order valence-electron chi connectivity index (χ3n) is 4.08. The molecule has 0 heterocycles. The third kappa shape index (κ3) is 3.70. The molecule has 2 atom stereocenters. The van der Waals surface area contributed by atoms with Crippen molar-refractivity contribution in [2.24, 2.45) is 0 Å². The lowest BCUT2D eigenvalue weighted by molar-refractivity contribution is -0.131. The van der Waals surface area contributed by atoms with Crippen molar-refractivity contribution < 1.29 is 9.22 Å². The van der Waals surface area contributed by atoms with Crippen LogP contribution < -0.4 is 0 Å². The number of hydrogen-bond acceptors (Lipinski definition) is 2. The molecule has 3 heteroatoms. The zero-order valence-electron chi connectivity index (χ0n) is 12.3. The first kappa shape index (κ1) is 16.4. The molecule has 0 rings (SSSR count). The van der Waals surface area contributed by atoms with Gasteiger partial charge in [-0.1, -0.05) is 54.0 Å². The van der Waals surface area contributed by atoms with E-state index in [1.54, 1.807) is 6.92 Å². The van der Waals surface area contributed by atoms with Gasteiger partial charge in [0.15, 0.2) is 0 Å². The largest absolute Gasteiger partial charge is 0.515 e. The van der Waals surface area contributed by atoms with Gasteiger partial charge in [-0.2, -0.15) is 0 Å². The van der Waals surface area contributed by atoms with E-state index in [0.717, 1.165) is 18.9 Å². The maximum atomic E-state index is 11.9. The highest BCUT2D eigenvalue weighted by atomic mass is 28.4. The maximum absolute atomic E-state index is 11.9. The summed E-state index contributed by atoms with van der Waals surface area (Å²) in [5, 5.41) is 0. The van der Waals surface area contributed by atoms with Crippen molar-refractivity contribution in [3.63, 3.8) is 0 Å². The molecule has 0 saturated carbocycles.